The number of nitrogens with one attached hydrogen (secondary N) is 1. The van der Waals surface area contributed by atoms with E-state index in [0.717, 1.165) is 42.2 Å². The van der Waals surface area contributed by atoms with Crippen LogP contribution in [-0.2, 0) is 0 Å². The van der Waals surface area contributed by atoms with Crippen molar-refractivity contribution in [2.75, 3.05) is 44.6 Å². The molecule has 0 spiro atoms. The van der Waals surface area contributed by atoms with Crippen molar-refractivity contribution in [2.45, 2.75) is 19.9 Å². The highest BCUT2D eigenvalue weighted by Crippen LogP contribution is 2.23. The highest BCUT2D eigenvalue weighted by atomic mass is 32.1. The van der Waals surface area contributed by atoms with Gasteiger partial charge in [0.15, 0.2) is 0 Å². The summed E-state index contributed by atoms with van der Waals surface area (Å²) < 4.78 is 0. The van der Waals surface area contributed by atoms with Crippen molar-refractivity contribution in [3.63, 3.8) is 0 Å². The zero-order valence-corrected chi connectivity index (χ0v) is 13.6. The Hall–Kier alpha value is -1.24. The topological polar surface area (TPSA) is 44.3 Å². The lowest BCUT2D eigenvalue weighted by Gasteiger charge is -2.37. The van der Waals surface area contributed by atoms with Gasteiger partial charge in [0.2, 0.25) is 0 Å². The first-order valence-corrected chi connectivity index (χ1v) is 8.54. The summed E-state index contributed by atoms with van der Waals surface area (Å²) in [6.45, 7) is 11.3. The van der Waals surface area contributed by atoms with Crippen LogP contribution in [-0.4, -0.2) is 65.1 Å². The molecule has 1 N–H and O–H groups in total. The van der Waals surface area contributed by atoms with Gasteiger partial charge in [-0.25, -0.2) is 9.97 Å². The van der Waals surface area contributed by atoms with Crippen molar-refractivity contribution in [3.05, 3.63) is 17.8 Å². The summed E-state index contributed by atoms with van der Waals surface area (Å²) in [4.78, 5) is 14.8. The Morgan fingerprint density at radius 2 is 2.10 bits per heavy atom. The summed E-state index contributed by atoms with van der Waals surface area (Å²) in [7, 11) is 0. The largest absolute Gasteiger partial charge is 0.368 e. The molecule has 1 saturated heterocycles. The van der Waals surface area contributed by atoms with Gasteiger partial charge in [0.05, 0.1) is 5.39 Å². The minimum absolute atomic E-state index is 0.521. The van der Waals surface area contributed by atoms with Crippen molar-refractivity contribution in [1.82, 2.24) is 19.8 Å². The molecule has 6 heteroatoms. The van der Waals surface area contributed by atoms with Gasteiger partial charge < -0.3 is 10.2 Å². The molecule has 0 saturated carbocycles. The molecule has 114 valence electrons. The molecule has 1 atom stereocenters. The number of hydrogen-bond acceptors (Lipinski definition) is 6. The molecule has 1 aliphatic heterocycles. The van der Waals surface area contributed by atoms with Crippen molar-refractivity contribution >= 4 is 27.4 Å². The molecular formula is C15H23N5S. The van der Waals surface area contributed by atoms with Crippen LogP contribution in [0, 0.1) is 0 Å². The summed E-state index contributed by atoms with van der Waals surface area (Å²) >= 11 is 1.66. The van der Waals surface area contributed by atoms with Crippen LogP contribution in [0.4, 0.5) is 5.82 Å². The van der Waals surface area contributed by atoms with Gasteiger partial charge in [-0.1, -0.05) is 6.92 Å². The highest BCUT2D eigenvalue weighted by molar-refractivity contribution is 7.16. The summed E-state index contributed by atoms with van der Waals surface area (Å²) in [5.41, 5.74) is 0. The van der Waals surface area contributed by atoms with E-state index in [9.17, 15) is 0 Å². The van der Waals surface area contributed by atoms with E-state index in [4.69, 9.17) is 0 Å². The molecule has 3 heterocycles. The zero-order valence-electron chi connectivity index (χ0n) is 12.7. The van der Waals surface area contributed by atoms with E-state index >= 15 is 0 Å². The smallest absolute Gasteiger partial charge is 0.138 e. The third kappa shape index (κ3) is 3.33. The summed E-state index contributed by atoms with van der Waals surface area (Å²) in [6.07, 6.45) is 1.64. The lowest BCUT2D eigenvalue weighted by Crippen LogP contribution is -2.51. The van der Waals surface area contributed by atoms with Crippen molar-refractivity contribution in [3.8, 4) is 0 Å². The maximum absolute atomic E-state index is 4.38. The van der Waals surface area contributed by atoms with Crippen molar-refractivity contribution in [2.24, 2.45) is 0 Å². The van der Waals surface area contributed by atoms with E-state index in [1.807, 2.05) is 0 Å². The molecule has 0 aliphatic carbocycles. The first-order chi connectivity index (χ1) is 10.3. The molecule has 2 aromatic rings. The second kappa shape index (κ2) is 6.68. The van der Waals surface area contributed by atoms with Gasteiger partial charge in [0.1, 0.15) is 17.0 Å². The van der Waals surface area contributed by atoms with E-state index in [2.05, 4.69) is 50.4 Å². The number of nitrogens with zero attached hydrogens (tertiary/aromatic N) is 4. The van der Waals surface area contributed by atoms with Crippen LogP contribution in [0.2, 0.25) is 0 Å². The van der Waals surface area contributed by atoms with E-state index < -0.39 is 0 Å². The summed E-state index contributed by atoms with van der Waals surface area (Å²) in [5, 5.41) is 6.69. The van der Waals surface area contributed by atoms with E-state index in [1.54, 1.807) is 17.7 Å². The van der Waals surface area contributed by atoms with Crippen LogP contribution >= 0.6 is 11.3 Å². The molecule has 1 unspecified atom stereocenters. The average Bonchev–Trinajstić information content (AvgIpc) is 3.02. The van der Waals surface area contributed by atoms with Crippen LogP contribution in [0.5, 0.6) is 0 Å². The molecule has 21 heavy (non-hydrogen) atoms. The fraction of sp³-hybridized carbons (Fsp3) is 0.600. The quantitative estimate of drug-likeness (QED) is 0.917. The fourth-order valence-corrected chi connectivity index (χ4v) is 3.56. The molecule has 5 nitrogen and oxygen atoms in total. The first kappa shape index (κ1) is 14.7. The number of aromatic nitrogens is 2. The monoisotopic (exact) mass is 305 g/mol. The molecule has 1 fully saturated rings. The Bertz CT molecular complexity index is 576. The number of anilines is 1. The second-order valence-corrected chi connectivity index (χ2v) is 6.46. The molecule has 0 amide bonds. The number of likely N-dealkylation sites (N-methyl/N-ethyl adjacent to an activating group) is 1. The molecule has 1 aliphatic rings. The van der Waals surface area contributed by atoms with E-state index in [0.29, 0.717) is 6.04 Å². The van der Waals surface area contributed by atoms with Gasteiger partial charge in [-0.05, 0) is 24.9 Å². The highest BCUT2D eigenvalue weighted by Gasteiger charge is 2.20. The number of fused-ring (bicyclic) bond motifs is 1. The van der Waals surface area contributed by atoms with Crippen LogP contribution in [0.3, 0.4) is 0 Å². The van der Waals surface area contributed by atoms with Gasteiger partial charge in [0, 0.05) is 38.8 Å². The second-order valence-electron chi connectivity index (χ2n) is 5.56. The lowest BCUT2D eigenvalue weighted by atomic mass is 10.2. The Kier molecular flexibility index (Phi) is 4.67. The minimum atomic E-state index is 0.521. The molecule has 0 bridgehead atoms. The number of thiophene rings is 1. The predicted molar refractivity (Wildman–Crippen MR) is 89.1 cm³/mol. The SMILES string of the molecule is CCN1CCN(C(C)CNc2ncnc3sccc23)CC1. The third-order valence-electron chi connectivity index (χ3n) is 4.30. The number of piperazine rings is 1. The molecule has 0 aromatic carbocycles. The van der Waals surface area contributed by atoms with Crippen molar-refractivity contribution in [1.29, 1.82) is 0 Å². The average molecular weight is 305 g/mol. The van der Waals surface area contributed by atoms with Gasteiger partial charge in [-0.15, -0.1) is 11.3 Å². The Morgan fingerprint density at radius 3 is 2.86 bits per heavy atom. The Balaban J connectivity index is 1.56. The maximum Gasteiger partial charge on any atom is 0.138 e. The third-order valence-corrected chi connectivity index (χ3v) is 5.12. The zero-order chi connectivity index (χ0) is 14.7. The maximum atomic E-state index is 4.38. The van der Waals surface area contributed by atoms with Gasteiger partial charge in [-0.3, -0.25) is 4.90 Å². The van der Waals surface area contributed by atoms with E-state index in [1.165, 1.54) is 13.1 Å². The Labute approximate surface area is 130 Å². The molecule has 2 aromatic heterocycles. The standard InChI is InChI=1S/C15H23N5S/c1-3-19-5-7-20(8-6-19)12(2)10-16-14-13-4-9-21-15(13)18-11-17-14/h4,9,11-12H,3,5-8,10H2,1-2H3,(H,16,17,18). The summed E-state index contributed by atoms with van der Waals surface area (Å²) in [6, 6.07) is 2.61. The molecular weight excluding hydrogens is 282 g/mol. The Morgan fingerprint density at radius 1 is 1.29 bits per heavy atom. The first-order valence-electron chi connectivity index (χ1n) is 7.66. The van der Waals surface area contributed by atoms with Crippen LogP contribution < -0.4 is 5.32 Å². The van der Waals surface area contributed by atoms with Gasteiger partial charge in [-0.2, -0.15) is 0 Å². The van der Waals surface area contributed by atoms with Gasteiger partial charge in [0.25, 0.3) is 0 Å². The molecule has 3 rings (SSSR count). The van der Waals surface area contributed by atoms with E-state index in [-0.39, 0.29) is 0 Å². The predicted octanol–water partition coefficient (Wildman–Crippen LogP) is 2.13. The van der Waals surface area contributed by atoms with Crippen molar-refractivity contribution < 1.29 is 0 Å². The minimum Gasteiger partial charge on any atom is -0.368 e. The van der Waals surface area contributed by atoms with Crippen LogP contribution in [0.25, 0.3) is 10.2 Å². The van der Waals surface area contributed by atoms with Crippen LogP contribution in [0.1, 0.15) is 13.8 Å². The number of rotatable bonds is 5. The fourth-order valence-electron chi connectivity index (χ4n) is 2.82. The van der Waals surface area contributed by atoms with Crippen LogP contribution in [0.15, 0.2) is 17.8 Å². The molecule has 0 radical (unpaired) electrons. The normalized spacial score (nSPS) is 19.0. The lowest BCUT2D eigenvalue weighted by molar-refractivity contribution is 0.110. The summed E-state index contributed by atoms with van der Waals surface area (Å²) in [5.74, 6) is 0.959. The van der Waals surface area contributed by atoms with Gasteiger partial charge >= 0.3 is 0 Å². The number of hydrogen-bond donors (Lipinski definition) is 1.